The summed E-state index contributed by atoms with van der Waals surface area (Å²) < 4.78 is 0. The van der Waals surface area contributed by atoms with Crippen LogP contribution < -0.4 is 16.0 Å². The molecule has 10 nitrogen and oxygen atoms in total. The number of aliphatic hydroxyl groups is 2. The fraction of sp³-hybridized carbons (Fsp3) is 0.636. The van der Waals surface area contributed by atoms with E-state index in [1.807, 2.05) is 5.32 Å². The molecule has 120 valence electrons. The molecule has 10 heteroatoms. The van der Waals surface area contributed by atoms with Crippen molar-refractivity contribution in [1.29, 1.82) is 0 Å². The first-order chi connectivity index (χ1) is 9.81. The summed E-state index contributed by atoms with van der Waals surface area (Å²) in [7, 11) is 0. The molecule has 0 aliphatic heterocycles. The summed E-state index contributed by atoms with van der Waals surface area (Å²) in [5, 5.41) is 32.5. The van der Waals surface area contributed by atoms with Crippen molar-refractivity contribution < 1.29 is 34.5 Å². The molecule has 0 radical (unpaired) electrons. The lowest BCUT2D eigenvalue weighted by Gasteiger charge is -2.16. The summed E-state index contributed by atoms with van der Waals surface area (Å²) in [5.41, 5.74) is 0. The Hall–Kier alpha value is -2.20. The van der Waals surface area contributed by atoms with E-state index in [2.05, 4.69) is 10.6 Å². The molecule has 2 unspecified atom stereocenters. The van der Waals surface area contributed by atoms with Crippen molar-refractivity contribution in [2.45, 2.75) is 13.0 Å². The Kier molecular flexibility index (Phi) is 8.65. The fourth-order valence-corrected chi connectivity index (χ4v) is 1.15. The van der Waals surface area contributed by atoms with E-state index < -0.39 is 55.3 Å². The lowest BCUT2D eigenvalue weighted by Crippen LogP contribution is -2.52. The van der Waals surface area contributed by atoms with Crippen LogP contribution in [-0.2, 0) is 19.2 Å². The second-order valence-electron chi connectivity index (χ2n) is 4.22. The van der Waals surface area contributed by atoms with Crippen molar-refractivity contribution in [2.24, 2.45) is 5.92 Å². The van der Waals surface area contributed by atoms with Crippen LogP contribution >= 0.6 is 0 Å². The highest BCUT2D eigenvalue weighted by Gasteiger charge is 2.21. The van der Waals surface area contributed by atoms with Gasteiger partial charge in [-0.2, -0.15) is 0 Å². The molecule has 3 amide bonds. The summed E-state index contributed by atoms with van der Waals surface area (Å²) in [4.78, 5) is 44.5. The molecule has 0 bridgehead atoms. The number of carbonyl (C=O) groups is 4. The quantitative estimate of drug-likeness (QED) is 0.256. The van der Waals surface area contributed by atoms with Gasteiger partial charge in [0.1, 0.15) is 12.6 Å². The first-order valence-electron chi connectivity index (χ1n) is 6.10. The van der Waals surface area contributed by atoms with Gasteiger partial charge in [-0.05, 0) is 0 Å². The van der Waals surface area contributed by atoms with Crippen LogP contribution in [0.15, 0.2) is 0 Å². The predicted octanol–water partition coefficient (Wildman–Crippen LogP) is -3.59. The number of hydrogen-bond acceptors (Lipinski definition) is 6. The largest absolute Gasteiger partial charge is 0.480 e. The molecule has 0 saturated heterocycles. The molecule has 2 atom stereocenters. The van der Waals surface area contributed by atoms with Crippen molar-refractivity contribution in [2.75, 3.05) is 26.3 Å². The number of hydrogen-bond donors (Lipinski definition) is 6. The van der Waals surface area contributed by atoms with Gasteiger partial charge in [0.25, 0.3) is 0 Å². The molecule has 6 N–H and O–H groups in total. The molecule has 0 rings (SSSR count). The molecule has 0 saturated carbocycles. The van der Waals surface area contributed by atoms with Crippen LogP contribution in [0.5, 0.6) is 0 Å². The minimum Gasteiger partial charge on any atom is -0.480 e. The normalized spacial score (nSPS) is 12.9. The lowest BCUT2D eigenvalue weighted by atomic mass is 10.2. The van der Waals surface area contributed by atoms with Gasteiger partial charge in [0.05, 0.1) is 25.7 Å². The van der Waals surface area contributed by atoms with Crippen LogP contribution in [0.4, 0.5) is 0 Å². The Balaban J connectivity index is 4.23. The first-order valence-corrected chi connectivity index (χ1v) is 6.10. The first kappa shape index (κ1) is 18.8. The molecule has 0 aliphatic carbocycles. The van der Waals surface area contributed by atoms with Gasteiger partial charge in [0.15, 0.2) is 0 Å². The van der Waals surface area contributed by atoms with Crippen LogP contribution in [0.3, 0.4) is 0 Å². The third-order valence-corrected chi connectivity index (χ3v) is 2.39. The Labute approximate surface area is 120 Å². The maximum Gasteiger partial charge on any atom is 0.322 e. The molecular weight excluding hydrogens is 286 g/mol. The Morgan fingerprint density at radius 3 is 2.00 bits per heavy atom. The molecule has 0 fully saturated rings. The Bertz CT molecular complexity index is 399. The minimum atomic E-state index is -1.32. The number of carboxylic acid groups (broad SMARTS) is 1. The number of carbonyl (C=O) groups excluding carboxylic acids is 3. The number of aliphatic carboxylic acids is 1. The standard InChI is InChI=1S/C11H19N3O7/c1-6(4-15)10(20)12-2-8(17)14-7(5-16)11(21)13-3-9(18)19/h6-7,15-16H,2-5H2,1H3,(H,12,20)(H,13,21)(H,14,17)(H,18,19). The van der Waals surface area contributed by atoms with E-state index in [9.17, 15) is 19.2 Å². The van der Waals surface area contributed by atoms with E-state index >= 15 is 0 Å². The molecule has 0 aliphatic rings. The van der Waals surface area contributed by atoms with Crippen LogP contribution in [0.1, 0.15) is 6.92 Å². The molecule has 0 aromatic heterocycles. The zero-order chi connectivity index (χ0) is 16.4. The third kappa shape index (κ3) is 7.84. The van der Waals surface area contributed by atoms with Crippen molar-refractivity contribution in [3.05, 3.63) is 0 Å². The smallest absolute Gasteiger partial charge is 0.322 e. The highest BCUT2D eigenvalue weighted by molar-refractivity contribution is 5.91. The topological polar surface area (TPSA) is 165 Å². The molecule has 0 aromatic rings. The number of amides is 3. The third-order valence-electron chi connectivity index (χ3n) is 2.39. The maximum atomic E-state index is 11.5. The van der Waals surface area contributed by atoms with Crippen molar-refractivity contribution >= 4 is 23.7 Å². The maximum absolute atomic E-state index is 11.5. The zero-order valence-electron chi connectivity index (χ0n) is 11.5. The van der Waals surface area contributed by atoms with E-state index in [0.29, 0.717) is 0 Å². The summed E-state index contributed by atoms with van der Waals surface area (Å²) >= 11 is 0. The van der Waals surface area contributed by atoms with E-state index in [4.69, 9.17) is 15.3 Å². The highest BCUT2D eigenvalue weighted by Crippen LogP contribution is 1.91. The number of nitrogens with one attached hydrogen (secondary N) is 3. The monoisotopic (exact) mass is 305 g/mol. The Morgan fingerprint density at radius 2 is 1.52 bits per heavy atom. The van der Waals surface area contributed by atoms with E-state index in [1.54, 1.807) is 0 Å². The number of carboxylic acids is 1. The van der Waals surface area contributed by atoms with Gasteiger partial charge < -0.3 is 31.3 Å². The minimum absolute atomic E-state index is 0.371. The molecule has 0 spiro atoms. The van der Waals surface area contributed by atoms with E-state index in [0.717, 1.165) is 0 Å². The van der Waals surface area contributed by atoms with Gasteiger partial charge in [-0.3, -0.25) is 19.2 Å². The summed E-state index contributed by atoms with van der Waals surface area (Å²) in [5.74, 6) is -4.08. The Morgan fingerprint density at radius 1 is 0.952 bits per heavy atom. The molecule has 0 aromatic carbocycles. The highest BCUT2D eigenvalue weighted by atomic mass is 16.4. The second-order valence-corrected chi connectivity index (χ2v) is 4.22. The summed E-state index contributed by atoms with van der Waals surface area (Å²) in [6.45, 7) is -0.715. The molecular formula is C11H19N3O7. The van der Waals surface area contributed by atoms with Gasteiger partial charge in [-0.15, -0.1) is 0 Å². The SMILES string of the molecule is CC(CO)C(=O)NCC(=O)NC(CO)C(=O)NCC(=O)O. The van der Waals surface area contributed by atoms with Crippen molar-refractivity contribution in [3.63, 3.8) is 0 Å². The van der Waals surface area contributed by atoms with Gasteiger partial charge in [0, 0.05) is 0 Å². The van der Waals surface area contributed by atoms with Gasteiger partial charge in [0.2, 0.25) is 17.7 Å². The van der Waals surface area contributed by atoms with E-state index in [1.165, 1.54) is 6.92 Å². The lowest BCUT2D eigenvalue weighted by molar-refractivity contribution is -0.138. The van der Waals surface area contributed by atoms with Crippen LogP contribution in [0.2, 0.25) is 0 Å². The average molecular weight is 305 g/mol. The summed E-state index contributed by atoms with van der Waals surface area (Å²) in [6, 6.07) is -1.32. The van der Waals surface area contributed by atoms with E-state index in [-0.39, 0.29) is 6.61 Å². The van der Waals surface area contributed by atoms with Crippen LogP contribution in [0.25, 0.3) is 0 Å². The van der Waals surface area contributed by atoms with Crippen LogP contribution in [-0.4, -0.2) is 71.4 Å². The number of rotatable bonds is 9. The molecule has 0 heterocycles. The van der Waals surface area contributed by atoms with Gasteiger partial charge >= 0.3 is 5.97 Å². The predicted molar refractivity (Wildman–Crippen MR) is 68.9 cm³/mol. The van der Waals surface area contributed by atoms with Crippen molar-refractivity contribution in [1.82, 2.24) is 16.0 Å². The summed E-state index contributed by atoms with van der Waals surface area (Å²) in [6.07, 6.45) is 0. The average Bonchev–Trinajstić information content (AvgIpc) is 2.46. The van der Waals surface area contributed by atoms with Crippen molar-refractivity contribution in [3.8, 4) is 0 Å². The van der Waals surface area contributed by atoms with Gasteiger partial charge in [-0.25, -0.2) is 0 Å². The number of aliphatic hydroxyl groups excluding tert-OH is 2. The van der Waals surface area contributed by atoms with Crippen LogP contribution in [0, 0.1) is 5.92 Å². The van der Waals surface area contributed by atoms with Gasteiger partial charge in [-0.1, -0.05) is 6.92 Å². The zero-order valence-corrected chi connectivity index (χ0v) is 11.5. The fourth-order valence-electron chi connectivity index (χ4n) is 1.15. The second kappa shape index (κ2) is 9.66. The molecule has 21 heavy (non-hydrogen) atoms.